The van der Waals surface area contributed by atoms with Crippen molar-refractivity contribution in [2.24, 2.45) is 0 Å². The Kier molecular flexibility index (Phi) is 2.92. The standard InChI is InChI=1S/C12H10ClN5O/c13-10-3-8(17-9-4-12(19)15-5-9)1-2-11(10)18-7-14-6-16-18/h1-4,6-7,17H,5H2,(H,15,19). The number of amides is 1. The minimum atomic E-state index is -0.0900. The molecule has 0 fully saturated rings. The number of anilines is 1. The zero-order valence-corrected chi connectivity index (χ0v) is 10.6. The van der Waals surface area contributed by atoms with E-state index in [2.05, 4.69) is 20.7 Å². The average Bonchev–Trinajstić information content (AvgIpc) is 3.01. The Labute approximate surface area is 114 Å². The molecule has 0 saturated carbocycles. The summed E-state index contributed by atoms with van der Waals surface area (Å²) in [6.07, 6.45) is 4.55. The van der Waals surface area contributed by atoms with Crippen LogP contribution >= 0.6 is 11.6 Å². The third-order valence-electron chi connectivity index (χ3n) is 2.68. The van der Waals surface area contributed by atoms with Crippen LogP contribution in [0.5, 0.6) is 0 Å². The van der Waals surface area contributed by atoms with Gasteiger partial charge >= 0.3 is 0 Å². The maximum Gasteiger partial charge on any atom is 0.246 e. The van der Waals surface area contributed by atoms with E-state index in [0.29, 0.717) is 11.6 Å². The van der Waals surface area contributed by atoms with Crippen molar-refractivity contribution in [3.8, 4) is 5.69 Å². The largest absolute Gasteiger partial charge is 0.357 e. The van der Waals surface area contributed by atoms with Crippen molar-refractivity contribution in [3.05, 3.63) is 47.6 Å². The average molecular weight is 276 g/mol. The molecule has 0 aliphatic carbocycles. The third-order valence-corrected chi connectivity index (χ3v) is 2.98. The molecule has 0 saturated heterocycles. The smallest absolute Gasteiger partial charge is 0.246 e. The summed E-state index contributed by atoms with van der Waals surface area (Å²) in [6.45, 7) is 0.501. The molecule has 0 bridgehead atoms. The van der Waals surface area contributed by atoms with Crippen LogP contribution in [0.2, 0.25) is 5.02 Å². The van der Waals surface area contributed by atoms with E-state index in [9.17, 15) is 4.79 Å². The molecule has 0 unspecified atom stereocenters. The van der Waals surface area contributed by atoms with Crippen molar-refractivity contribution in [2.75, 3.05) is 11.9 Å². The van der Waals surface area contributed by atoms with E-state index in [-0.39, 0.29) is 5.91 Å². The molecule has 96 valence electrons. The van der Waals surface area contributed by atoms with Gasteiger partial charge in [-0.3, -0.25) is 4.79 Å². The first-order valence-electron chi connectivity index (χ1n) is 5.62. The molecule has 1 aliphatic rings. The SMILES string of the molecule is O=C1C=C(Nc2ccc(-n3cncn3)c(Cl)c2)CN1. The second kappa shape index (κ2) is 4.74. The maximum atomic E-state index is 11.0. The van der Waals surface area contributed by atoms with E-state index >= 15 is 0 Å². The molecule has 6 nitrogen and oxygen atoms in total. The lowest BCUT2D eigenvalue weighted by molar-refractivity contribution is -0.115. The molecule has 2 N–H and O–H groups in total. The third kappa shape index (κ3) is 2.43. The molecule has 19 heavy (non-hydrogen) atoms. The van der Waals surface area contributed by atoms with Crippen LogP contribution in [0, 0.1) is 0 Å². The fourth-order valence-corrected chi connectivity index (χ4v) is 2.08. The first-order chi connectivity index (χ1) is 9.22. The molecule has 2 aromatic rings. The molecular formula is C12H10ClN5O. The number of aromatic nitrogens is 3. The van der Waals surface area contributed by atoms with E-state index < -0.39 is 0 Å². The number of hydrogen-bond donors (Lipinski definition) is 2. The van der Waals surface area contributed by atoms with Crippen LogP contribution in [0.3, 0.4) is 0 Å². The van der Waals surface area contributed by atoms with Crippen molar-refractivity contribution in [1.29, 1.82) is 0 Å². The van der Waals surface area contributed by atoms with E-state index in [1.54, 1.807) is 17.1 Å². The normalized spacial score (nSPS) is 14.2. The van der Waals surface area contributed by atoms with Crippen LogP contribution in [-0.4, -0.2) is 27.2 Å². The number of nitrogens with zero attached hydrogens (tertiary/aromatic N) is 3. The molecule has 1 aromatic heterocycles. The summed E-state index contributed by atoms with van der Waals surface area (Å²) >= 11 is 6.20. The van der Waals surface area contributed by atoms with Gasteiger partial charge < -0.3 is 10.6 Å². The number of carbonyl (C=O) groups excluding carboxylic acids is 1. The quantitative estimate of drug-likeness (QED) is 0.887. The van der Waals surface area contributed by atoms with Crippen molar-refractivity contribution in [2.45, 2.75) is 0 Å². The van der Waals surface area contributed by atoms with E-state index in [4.69, 9.17) is 11.6 Å². The van der Waals surface area contributed by atoms with Gasteiger partial charge in [-0.1, -0.05) is 11.6 Å². The molecule has 0 radical (unpaired) electrons. The van der Waals surface area contributed by atoms with Gasteiger partial charge in [-0.25, -0.2) is 9.67 Å². The van der Waals surface area contributed by atoms with Gasteiger partial charge in [0.25, 0.3) is 0 Å². The van der Waals surface area contributed by atoms with Crippen LogP contribution in [0.25, 0.3) is 5.69 Å². The van der Waals surface area contributed by atoms with Gasteiger partial charge in [0.15, 0.2) is 0 Å². The van der Waals surface area contributed by atoms with Crippen LogP contribution in [-0.2, 0) is 4.79 Å². The van der Waals surface area contributed by atoms with Gasteiger partial charge in [-0.05, 0) is 18.2 Å². The van der Waals surface area contributed by atoms with Gasteiger partial charge in [0, 0.05) is 17.5 Å². The van der Waals surface area contributed by atoms with Gasteiger partial charge in [0.05, 0.1) is 17.3 Å². The Morgan fingerprint density at radius 2 is 2.32 bits per heavy atom. The Balaban J connectivity index is 1.84. The van der Waals surface area contributed by atoms with Crippen molar-refractivity contribution < 1.29 is 4.79 Å². The van der Waals surface area contributed by atoms with E-state index in [1.807, 2.05) is 12.1 Å². The van der Waals surface area contributed by atoms with Crippen molar-refractivity contribution >= 4 is 23.2 Å². The maximum absolute atomic E-state index is 11.0. The number of rotatable bonds is 3. The lowest BCUT2D eigenvalue weighted by atomic mass is 10.2. The highest BCUT2D eigenvalue weighted by molar-refractivity contribution is 6.32. The predicted molar refractivity (Wildman–Crippen MR) is 71.1 cm³/mol. The highest BCUT2D eigenvalue weighted by Gasteiger charge is 2.11. The monoisotopic (exact) mass is 275 g/mol. The second-order valence-corrected chi connectivity index (χ2v) is 4.43. The molecule has 2 heterocycles. The fraction of sp³-hybridized carbons (Fsp3) is 0.0833. The lowest BCUT2D eigenvalue weighted by Gasteiger charge is -2.09. The Bertz CT molecular complexity index is 650. The number of halogens is 1. The Hall–Kier alpha value is -2.34. The number of benzene rings is 1. The summed E-state index contributed by atoms with van der Waals surface area (Å²) in [7, 11) is 0. The van der Waals surface area contributed by atoms with Gasteiger partial charge in [-0.15, -0.1) is 0 Å². The van der Waals surface area contributed by atoms with E-state index in [0.717, 1.165) is 17.1 Å². The Morgan fingerprint density at radius 1 is 1.42 bits per heavy atom. The van der Waals surface area contributed by atoms with Crippen LogP contribution in [0.15, 0.2) is 42.6 Å². The molecule has 1 aliphatic heterocycles. The first kappa shape index (κ1) is 11.7. The molecule has 0 spiro atoms. The molecule has 7 heteroatoms. The van der Waals surface area contributed by atoms with E-state index in [1.165, 1.54) is 12.4 Å². The van der Waals surface area contributed by atoms with Gasteiger partial charge in [0.2, 0.25) is 5.91 Å². The van der Waals surface area contributed by atoms with Crippen LogP contribution < -0.4 is 10.6 Å². The highest BCUT2D eigenvalue weighted by atomic mass is 35.5. The van der Waals surface area contributed by atoms with Crippen LogP contribution in [0.4, 0.5) is 5.69 Å². The zero-order chi connectivity index (χ0) is 13.2. The fourth-order valence-electron chi connectivity index (χ4n) is 1.81. The molecule has 0 atom stereocenters. The van der Waals surface area contributed by atoms with Crippen molar-refractivity contribution in [1.82, 2.24) is 20.1 Å². The molecule has 3 rings (SSSR count). The number of carbonyl (C=O) groups is 1. The minimum Gasteiger partial charge on any atom is -0.357 e. The zero-order valence-electron chi connectivity index (χ0n) is 9.80. The summed E-state index contributed by atoms with van der Waals surface area (Å²) in [4.78, 5) is 14.9. The second-order valence-electron chi connectivity index (χ2n) is 4.02. The highest BCUT2D eigenvalue weighted by Crippen LogP contribution is 2.24. The number of hydrogen-bond acceptors (Lipinski definition) is 4. The summed E-state index contributed by atoms with van der Waals surface area (Å²) in [5.74, 6) is -0.0900. The van der Waals surface area contributed by atoms with Crippen molar-refractivity contribution in [3.63, 3.8) is 0 Å². The lowest BCUT2D eigenvalue weighted by Crippen LogP contribution is -2.16. The topological polar surface area (TPSA) is 71.8 Å². The first-order valence-corrected chi connectivity index (χ1v) is 6.00. The predicted octanol–water partition coefficient (Wildman–Crippen LogP) is 1.35. The van der Waals surface area contributed by atoms with Crippen LogP contribution in [0.1, 0.15) is 0 Å². The molecule has 1 aromatic carbocycles. The summed E-state index contributed by atoms with van der Waals surface area (Å²) in [6, 6.07) is 5.48. The number of nitrogens with one attached hydrogen (secondary N) is 2. The molecule has 1 amide bonds. The molecular weight excluding hydrogens is 266 g/mol. The van der Waals surface area contributed by atoms with Gasteiger partial charge in [-0.2, -0.15) is 5.10 Å². The summed E-state index contributed by atoms with van der Waals surface area (Å²) < 4.78 is 1.59. The Morgan fingerprint density at radius 3 is 2.95 bits per heavy atom. The van der Waals surface area contributed by atoms with Gasteiger partial charge in [0.1, 0.15) is 12.7 Å². The summed E-state index contributed by atoms with van der Waals surface area (Å²) in [5.41, 5.74) is 2.38. The summed E-state index contributed by atoms with van der Waals surface area (Å²) in [5, 5.41) is 10.4. The minimum absolute atomic E-state index is 0.0900.